The molecule has 3 heteroatoms. The van der Waals surface area contributed by atoms with Gasteiger partial charge in [0.1, 0.15) is 5.78 Å². The second-order valence-corrected chi connectivity index (χ2v) is 13.8. The Morgan fingerprint density at radius 1 is 1.09 bits per heavy atom. The lowest BCUT2D eigenvalue weighted by atomic mass is 9.87. The molecule has 0 bridgehead atoms. The zero-order chi connectivity index (χ0) is 17.5. The van der Waals surface area contributed by atoms with Gasteiger partial charge in [0.15, 0.2) is 8.32 Å². The third kappa shape index (κ3) is 7.51. The molecule has 2 atom stereocenters. The average Bonchev–Trinajstić information content (AvgIpc) is 2.43. The van der Waals surface area contributed by atoms with Crippen molar-refractivity contribution in [2.45, 2.75) is 116 Å². The first-order chi connectivity index (χ1) is 10.6. The van der Waals surface area contributed by atoms with E-state index in [0.29, 0.717) is 11.7 Å². The lowest BCUT2D eigenvalue weighted by Gasteiger charge is -2.38. The molecular weight excluding hydrogens is 300 g/mol. The van der Waals surface area contributed by atoms with Crippen LogP contribution in [0.4, 0.5) is 0 Å². The van der Waals surface area contributed by atoms with E-state index in [-0.39, 0.29) is 11.1 Å². The normalized spacial score (nSPS) is 23.6. The summed E-state index contributed by atoms with van der Waals surface area (Å²) in [6, 6.07) is 0. The smallest absolute Gasteiger partial charge is 0.192 e. The largest absolute Gasteiger partial charge is 0.414 e. The van der Waals surface area contributed by atoms with Crippen molar-refractivity contribution in [2.24, 2.45) is 5.92 Å². The predicted molar refractivity (Wildman–Crippen MR) is 102 cm³/mol. The molecule has 0 N–H and O–H groups in total. The minimum atomic E-state index is -1.69. The summed E-state index contributed by atoms with van der Waals surface area (Å²) in [5, 5.41) is 0.257. The number of hydrogen-bond donors (Lipinski definition) is 0. The van der Waals surface area contributed by atoms with Crippen LogP contribution in [0.3, 0.4) is 0 Å². The van der Waals surface area contributed by atoms with Crippen LogP contribution in [0.25, 0.3) is 0 Å². The topological polar surface area (TPSA) is 26.3 Å². The van der Waals surface area contributed by atoms with Crippen LogP contribution in [0.5, 0.6) is 0 Å². The van der Waals surface area contributed by atoms with Gasteiger partial charge in [0.25, 0.3) is 0 Å². The van der Waals surface area contributed by atoms with Crippen molar-refractivity contribution >= 4 is 14.1 Å². The summed E-state index contributed by atoms with van der Waals surface area (Å²) in [4.78, 5) is 12.5. The Bertz CT molecular complexity index is 357. The molecule has 0 saturated heterocycles. The maximum absolute atomic E-state index is 12.5. The summed E-state index contributed by atoms with van der Waals surface area (Å²) < 4.78 is 6.46. The molecular formula is C20H40O2Si. The molecule has 0 aliphatic heterocycles. The maximum atomic E-state index is 12.5. The summed E-state index contributed by atoms with van der Waals surface area (Å²) >= 11 is 0. The fraction of sp³-hybridized carbons (Fsp3) is 0.950. The molecule has 0 aromatic rings. The van der Waals surface area contributed by atoms with E-state index in [0.717, 1.165) is 32.1 Å². The Morgan fingerprint density at radius 3 is 2.26 bits per heavy atom. The number of hydrogen-bond acceptors (Lipinski definition) is 2. The van der Waals surface area contributed by atoms with Crippen molar-refractivity contribution in [2.75, 3.05) is 0 Å². The van der Waals surface area contributed by atoms with Crippen LogP contribution in [0, 0.1) is 5.92 Å². The number of rotatable bonds is 5. The zero-order valence-electron chi connectivity index (χ0n) is 16.5. The van der Waals surface area contributed by atoms with Crippen molar-refractivity contribution in [3.8, 4) is 0 Å². The Morgan fingerprint density at radius 2 is 1.65 bits per heavy atom. The number of carbonyl (C=O) groups is 1. The molecule has 1 fully saturated rings. The first kappa shape index (κ1) is 20.9. The van der Waals surface area contributed by atoms with Gasteiger partial charge in [-0.3, -0.25) is 4.79 Å². The van der Waals surface area contributed by atoms with E-state index in [4.69, 9.17) is 4.43 Å². The Kier molecular flexibility index (Phi) is 8.50. The molecule has 0 spiro atoms. The lowest BCUT2D eigenvalue weighted by Crippen LogP contribution is -2.43. The van der Waals surface area contributed by atoms with Crippen molar-refractivity contribution < 1.29 is 9.22 Å². The maximum Gasteiger partial charge on any atom is 0.192 e. The van der Waals surface area contributed by atoms with Gasteiger partial charge in [-0.1, -0.05) is 52.9 Å². The molecule has 1 rings (SSSR count). The molecule has 1 aliphatic rings. The van der Waals surface area contributed by atoms with Crippen molar-refractivity contribution in [1.29, 1.82) is 0 Å². The van der Waals surface area contributed by atoms with Gasteiger partial charge < -0.3 is 4.43 Å². The minimum Gasteiger partial charge on any atom is -0.414 e. The van der Waals surface area contributed by atoms with E-state index >= 15 is 0 Å². The first-order valence-corrected chi connectivity index (χ1v) is 12.7. The Hall–Kier alpha value is -0.153. The van der Waals surface area contributed by atoms with Crippen molar-refractivity contribution in [3.05, 3.63) is 0 Å². The fourth-order valence-electron chi connectivity index (χ4n) is 3.24. The molecule has 1 unspecified atom stereocenters. The van der Waals surface area contributed by atoms with Crippen LogP contribution in [0.2, 0.25) is 18.1 Å². The highest BCUT2D eigenvalue weighted by molar-refractivity contribution is 6.74. The van der Waals surface area contributed by atoms with E-state index < -0.39 is 8.32 Å². The first-order valence-electron chi connectivity index (χ1n) is 9.84. The Labute approximate surface area is 145 Å². The summed E-state index contributed by atoms with van der Waals surface area (Å²) in [6.07, 6.45) is 11.8. The SMILES string of the molecule is C[C@H](CCC1CCCCCCCCC1=O)O[Si](C)(C)C(C)(C)C. The summed E-state index contributed by atoms with van der Waals surface area (Å²) in [5.41, 5.74) is 0. The van der Waals surface area contributed by atoms with Crippen LogP contribution in [0.1, 0.15) is 91.9 Å². The zero-order valence-corrected chi connectivity index (χ0v) is 17.5. The van der Waals surface area contributed by atoms with Crippen LogP contribution < -0.4 is 0 Å². The molecule has 1 saturated carbocycles. The molecule has 23 heavy (non-hydrogen) atoms. The van der Waals surface area contributed by atoms with Gasteiger partial charge in [-0.2, -0.15) is 0 Å². The van der Waals surface area contributed by atoms with Crippen LogP contribution >= 0.6 is 0 Å². The molecule has 0 aromatic heterocycles. The summed E-state index contributed by atoms with van der Waals surface area (Å²) in [5.74, 6) is 0.810. The predicted octanol–water partition coefficient (Wildman–Crippen LogP) is 6.50. The number of ketones is 1. The minimum absolute atomic E-state index is 0.257. The lowest BCUT2D eigenvalue weighted by molar-refractivity contribution is -0.123. The molecule has 0 amide bonds. The molecule has 0 heterocycles. The standard InChI is InChI=1S/C20H40O2Si/c1-17(22-23(5,6)20(2,3)4)15-16-18-13-11-9-7-8-10-12-14-19(18)21/h17-18H,7-16H2,1-6H3/t17-,18?/m1/s1. The highest BCUT2D eigenvalue weighted by Gasteiger charge is 2.38. The molecule has 136 valence electrons. The van der Waals surface area contributed by atoms with Crippen molar-refractivity contribution in [1.82, 2.24) is 0 Å². The van der Waals surface area contributed by atoms with Gasteiger partial charge >= 0.3 is 0 Å². The molecule has 0 radical (unpaired) electrons. The van der Waals surface area contributed by atoms with Gasteiger partial charge in [0.05, 0.1) is 0 Å². The van der Waals surface area contributed by atoms with Gasteiger partial charge in [-0.15, -0.1) is 0 Å². The fourth-order valence-corrected chi connectivity index (χ4v) is 4.72. The van der Waals surface area contributed by atoms with E-state index in [2.05, 4.69) is 40.8 Å². The van der Waals surface area contributed by atoms with E-state index in [9.17, 15) is 4.79 Å². The molecule has 0 aromatic carbocycles. The highest BCUT2D eigenvalue weighted by Crippen LogP contribution is 2.38. The van der Waals surface area contributed by atoms with Crippen LogP contribution in [0.15, 0.2) is 0 Å². The van der Waals surface area contributed by atoms with Gasteiger partial charge in [-0.25, -0.2) is 0 Å². The third-order valence-electron chi connectivity index (χ3n) is 5.90. The summed E-state index contributed by atoms with van der Waals surface area (Å²) in [6.45, 7) is 13.7. The average molecular weight is 341 g/mol. The summed E-state index contributed by atoms with van der Waals surface area (Å²) in [7, 11) is -1.69. The van der Waals surface area contributed by atoms with E-state index in [1.54, 1.807) is 0 Å². The van der Waals surface area contributed by atoms with Crippen molar-refractivity contribution in [3.63, 3.8) is 0 Å². The van der Waals surface area contributed by atoms with E-state index in [1.807, 2.05) is 0 Å². The molecule has 2 nitrogen and oxygen atoms in total. The van der Waals surface area contributed by atoms with Crippen LogP contribution in [-0.4, -0.2) is 20.2 Å². The van der Waals surface area contributed by atoms with Crippen LogP contribution in [-0.2, 0) is 9.22 Å². The Balaban J connectivity index is 2.48. The van der Waals surface area contributed by atoms with Gasteiger partial charge in [0, 0.05) is 18.4 Å². The quantitative estimate of drug-likeness (QED) is 0.534. The van der Waals surface area contributed by atoms with E-state index in [1.165, 1.54) is 32.1 Å². The third-order valence-corrected chi connectivity index (χ3v) is 10.5. The van der Waals surface area contributed by atoms with Gasteiger partial charge in [-0.05, 0) is 50.7 Å². The number of Topliss-reactive ketones (excluding diaryl/α,β-unsaturated/α-hetero) is 1. The van der Waals surface area contributed by atoms with Gasteiger partial charge in [0.2, 0.25) is 0 Å². The highest BCUT2D eigenvalue weighted by atomic mass is 28.4. The second-order valence-electron chi connectivity index (χ2n) is 9.09. The second kappa shape index (κ2) is 9.36. The molecule has 1 aliphatic carbocycles. The monoisotopic (exact) mass is 340 g/mol. The number of carbonyl (C=O) groups excluding carboxylic acids is 1.